The molecule has 3 N–H and O–H groups in total. The van der Waals surface area contributed by atoms with Crippen LogP contribution < -0.4 is 11.1 Å². The Bertz CT molecular complexity index is 377. The first-order valence-corrected chi connectivity index (χ1v) is 5.59. The minimum atomic E-state index is -0.337. The normalized spacial score (nSPS) is 10.6. The van der Waals surface area contributed by atoms with E-state index in [2.05, 4.69) is 5.32 Å². The van der Waals surface area contributed by atoms with Gasteiger partial charge in [0.25, 0.3) is 0 Å². The van der Waals surface area contributed by atoms with E-state index in [1.807, 2.05) is 26.0 Å². The third-order valence-electron chi connectivity index (χ3n) is 2.61. The van der Waals surface area contributed by atoms with Crippen LogP contribution in [-0.2, 0) is 16.0 Å². The number of ether oxygens (including phenoxy) is 1. The van der Waals surface area contributed by atoms with E-state index in [4.69, 9.17) is 10.5 Å². The number of anilines is 1. The van der Waals surface area contributed by atoms with Crippen molar-refractivity contribution in [2.45, 2.75) is 25.9 Å². The van der Waals surface area contributed by atoms with Crippen LogP contribution in [0.15, 0.2) is 24.3 Å². The average molecular weight is 273 g/mol. The van der Waals surface area contributed by atoms with E-state index in [1.54, 1.807) is 19.2 Å². The van der Waals surface area contributed by atoms with Crippen molar-refractivity contribution in [2.24, 2.45) is 0 Å². The molecule has 0 bridgehead atoms. The van der Waals surface area contributed by atoms with E-state index < -0.39 is 0 Å². The molecule has 0 unspecified atom stereocenters. The summed E-state index contributed by atoms with van der Waals surface area (Å²) in [5.41, 5.74) is 6.89. The predicted octanol–water partition coefficient (Wildman–Crippen LogP) is 1.77. The lowest BCUT2D eigenvalue weighted by Crippen LogP contribution is -2.40. The highest BCUT2D eigenvalue weighted by atomic mass is 35.5. The summed E-state index contributed by atoms with van der Waals surface area (Å²) < 4.78 is 5.22. The van der Waals surface area contributed by atoms with Crippen molar-refractivity contribution in [3.8, 4) is 0 Å². The van der Waals surface area contributed by atoms with Crippen LogP contribution in [0.3, 0.4) is 0 Å². The molecule has 4 nitrogen and oxygen atoms in total. The van der Waals surface area contributed by atoms with Crippen LogP contribution in [0.25, 0.3) is 0 Å². The quantitative estimate of drug-likeness (QED) is 0.803. The summed E-state index contributed by atoms with van der Waals surface area (Å²) in [7, 11) is 1.63. The van der Waals surface area contributed by atoms with E-state index in [0.717, 1.165) is 5.56 Å². The van der Waals surface area contributed by atoms with Gasteiger partial charge < -0.3 is 15.8 Å². The molecule has 0 saturated heterocycles. The standard InChI is InChI=1S/C13H20N2O2.ClH/c1-13(2,17-3)9-15-12(16)8-10-4-6-11(14)7-5-10;/h4-7H,8-9,14H2,1-3H3,(H,15,16);1H. The Kier molecular flexibility index (Phi) is 6.73. The molecule has 18 heavy (non-hydrogen) atoms. The number of hydrogen-bond donors (Lipinski definition) is 2. The van der Waals surface area contributed by atoms with Gasteiger partial charge in [-0.15, -0.1) is 12.4 Å². The Morgan fingerprint density at radius 2 is 1.89 bits per heavy atom. The van der Waals surface area contributed by atoms with Crippen LogP contribution in [-0.4, -0.2) is 25.2 Å². The smallest absolute Gasteiger partial charge is 0.224 e. The Morgan fingerprint density at radius 1 is 1.33 bits per heavy atom. The Labute approximate surface area is 114 Å². The van der Waals surface area contributed by atoms with Gasteiger partial charge in [-0.1, -0.05) is 12.1 Å². The largest absolute Gasteiger partial charge is 0.399 e. The van der Waals surface area contributed by atoms with Crippen molar-refractivity contribution in [3.05, 3.63) is 29.8 Å². The molecule has 0 heterocycles. The third-order valence-corrected chi connectivity index (χ3v) is 2.61. The molecule has 1 rings (SSSR count). The lowest BCUT2D eigenvalue weighted by molar-refractivity contribution is -0.121. The van der Waals surface area contributed by atoms with Gasteiger partial charge >= 0.3 is 0 Å². The molecule has 0 radical (unpaired) electrons. The van der Waals surface area contributed by atoms with Gasteiger partial charge in [-0.25, -0.2) is 0 Å². The summed E-state index contributed by atoms with van der Waals surface area (Å²) in [6.07, 6.45) is 0.361. The zero-order valence-electron chi connectivity index (χ0n) is 11.0. The molecule has 0 aliphatic heterocycles. The van der Waals surface area contributed by atoms with Gasteiger partial charge in [-0.05, 0) is 31.5 Å². The highest BCUT2D eigenvalue weighted by Gasteiger charge is 2.17. The number of nitrogens with one attached hydrogen (secondary N) is 1. The number of nitrogens with two attached hydrogens (primary N) is 1. The van der Waals surface area contributed by atoms with Crippen LogP contribution in [0.4, 0.5) is 5.69 Å². The fraction of sp³-hybridized carbons (Fsp3) is 0.462. The Hall–Kier alpha value is -1.26. The predicted molar refractivity (Wildman–Crippen MR) is 75.9 cm³/mol. The van der Waals surface area contributed by atoms with Gasteiger partial charge in [0.05, 0.1) is 12.0 Å². The van der Waals surface area contributed by atoms with Crippen molar-refractivity contribution in [1.82, 2.24) is 5.32 Å². The molecule has 0 spiro atoms. The number of nitrogen functional groups attached to an aromatic ring is 1. The number of carbonyl (C=O) groups excluding carboxylic acids is 1. The molecule has 102 valence electrons. The lowest BCUT2D eigenvalue weighted by atomic mass is 10.1. The maximum Gasteiger partial charge on any atom is 0.224 e. The number of amides is 1. The van der Waals surface area contributed by atoms with Crippen molar-refractivity contribution in [3.63, 3.8) is 0 Å². The van der Waals surface area contributed by atoms with E-state index in [9.17, 15) is 4.79 Å². The van der Waals surface area contributed by atoms with Gasteiger partial charge in [0.15, 0.2) is 0 Å². The van der Waals surface area contributed by atoms with Gasteiger partial charge in [-0.2, -0.15) is 0 Å². The molecular formula is C13H21ClN2O2. The molecule has 0 saturated carbocycles. The summed E-state index contributed by atoms with van der Waals surface area (Å²) in [6, 6.07) is 7.30. The molecule has 0 aromatic heterocycles. The molecule has 0 aliphatic carbocycles. The maximum absolute atomic E-state index is 11.7. The monoisotopic (exact) mass is 272 g/mol. The van der Waals surface area contributed by atoms with Crippen LogP contribution in [0, 0.1) is 0 Å². The van der Waals surface area contributed by atoms with Crippen molar-refractivity contribution >= 4 is 24.0 Å². The topological polar surface area (TPSA) is 64.3 Å². The first-order valence-electron chi connectivity index (χ1n) is 5.59. The number of methoxy groups -OCH3 is 1. The molecule has 0 aliphatic rings. The minimum Gasteiger partial charge on any atom is -0.399 e. The van der Waals surface area contributed by atoms with E-state index in [-0.39, 0.29) is 23.9 Å². The van der Waals surface area contributed by atoms with Crippen LogP contribution in [0.2, 0.25) is 0 Å². The fourth-order valence-electron chi connectivity index (χ4n) is 1.27. The first kappa shape index (κ1) is 16.7. The van der Waals surface area contributed by atoms with Crippen LogP contribution in [0.5, 0.6) is 0 Å². The summed E-state index contributed by atoms with van der Waals surface area (Å²) >= 11 is 0. The van der Waals surface area contributed by atoms with Gasteiger partial charge in [0.2, 0.25) is 5.91 Å². The SMILES string of the molecule is COC(C)(C)CNC(=O)Cc1ccc(N)cc1.Cl. The third kappa shape index (κ3) is 5.89. The molecule has 1 aromatic carbocycles. The van der Waals surface area contributed by atoms with E-state index in [0.29, 0.717) is 18.7 Å². The van der Waals surface area contributed by atoms with Crippen molar-refractivity contribution in [1.29, 1.82) is 0 Å². The number of carbonyl (C=O) groups is 1. The van der Waals surface area contributed by atoms with Gasteiger partial charge in [0.1, 0.15) is 0 Å². The zero-order valence-corrected chi connectivity index (χ0v) is 11.8. The fourth-order valence-corrected chi connectivity index (χ4v) is 1.27. The Balaban J connectivity index is 0.00000289. The second-order valence-electron chi connectivity index (χ2n) is 4.66. The van der Waals surface area contributed by atoms with Crippen LogP contribution in [0.1, 0.15) is 19.4 Å². The maximum atomic E-state index is 11.7. The minimum absolute atomic E-state index is 0. The summed E-state index contributed by atoms with van der Waals surface area (Å²) in [5.74, 6) is -0.0140. The number of rotatable bonds is 5. The summed E-state index contributed by atoms with van der Waals surface area (Å²) in [4.78, 5) is 11.7. The van der Waals surface area contributed by atoms with Crippen LogP contribution >= 0.6 is 12.4 Å². The van der Waals surface area contributed by atoms with E-state index >= 15 is 0 Å². The first-order chi connectivity index (χ1) is 7.93. The molecular weight excluding hydrogens is 252 g/mol. The van der Waals surface area contributed by atoms with Crippen molar-refractivity contribution in [2.75, 3.05) is 19.4 Å². The van der Waals surface area contributed by atoms with E-state index in [1.165, 1.54) is 0 Å². The molecule has 0 atom stereocenters. The molecule has 1 amide bonds. The number of benzene rings is 1. The molecule has 0 fully saturated rings. The second kappa shape index (κ2) is 7.24. The zero-order chi connectivity index (χ0) is 12.9. The van der Waals surface area contributed by atoms with Crippen molar-refractivity contribution < 1.29 is 9.53 Å². The summed E-state index contributed by atoms with van der Waals surface area (Å²) in [6.45, 7) is 4.35. The molecule has 5 heteroatoms. The summed E-state index contributed by atoms with van der Waals surface area (Å²) in [5, 5.41) is 2.84. The van der Waals surface area contributed by atoms with Gasteiger partial charge in [-0.3, -0.25) is 4.79 Å². The second-order valence-corrected chi connectivity index (χ2v) is 4.66. The molecule has 1 aromatic rings. The van der Waals surface area contributed by atoms with Gasteiger partial charge in [0, 0.05) is 19.3 Å². The Morgan fingerprint density at radius 3 is 2.39 bits per heavy atom. The highest BCUT2D eigenvalue weighted by Crippen LogP contribution is 2.07. The lowest BCUT2D eigenvalue weighted by Gasteiger charge is -2.23. The number of halogens is 1. The highest BCUT2D eigenvalue weighted by molar-refractivity contribution is 5.85. The number of hydrogen-bond acceptors (Lipinski definition) is 3. The average Bonchev–Trinajstić information content (AvgIpc) is 2.30.